The summed E-state index contributed by atoms with van der Waals surface area (Å²) in [7, 11) is 1.61. The molecule has 1 atom stereocenters. The number of nitrogens with zero attached hydrogens (tertiary/aromatic N) is 1. The molecule has 0 aromatic carbocycles. The number of hydrogen-bond acceptors (Lipinski definition) is 4. The number of rotatable bonds is 7. The van der Waals surface area contributed by atoms with E-state index in [0.717, 1.165) is 25.9 Å². The maximum atomic E-state index is 12.3. The predicted molar refractivity (Wildman–Crippen MR) is 91.3 cm³/mol. The monoisotopic (exact) mass is 326 g/mol. The van der Waals surface area contributed by atoms with E-state index in [1.807, 2.05) is 0 Å². The summed E-state index contributed by atoms with van der Waals surface area (Å²) in [6, 6.07) is 0.309. The molecule has 1 amide bonds. The van der Waals surface area contributed by atoms with E-state index < -0.39 is 6.10 Å². The van der Waals surface area contributed by atoms with Crippen molar-refractivity contribution >= 4 is 5.91 Å². The summed E-state index contributed by atoms with van der Waals surface area (Å²) in [5.74, 6) is 0.844. The van der Waals surface area contributed by atoms with Crippen LogP contribution < -0.4 is 5.32 Å². The SMILES string of the molecule is COCC(O)CN1CCC(NC(=O)CC2CCCCCC2)CC1. The number of amides is 1. The van der Waals surface area contributed by atoms with Crippen molar-refractivity contribution in [3.8, 4) is 0 Å². The van der Waals surface area contributed by atoms with Crippen LogP contribution in [0, 0.1) is 5.92 Å². The lowest BCUT2D eigenvalue weighted by Gasteiger charge is -2.33. The molecular formula is C18H34N2O3. The molecule has 0 spiro atoms. The number of methoxy groups -OCH3 is 1. The van der Waals surface area contributed by atoms with Gasteiger partial charge in [0.15, 0.2) is 0 Å². The Labute approximate surface area is 140 Å². The van der Waals surface area contributed by atoms with Crippen molar-refractivity contribution in [3.63, 3.8) is 0 Å². The van der Waals surface area contributed by atoms with Gasteiger partial charge in [-0.05, 0) is 31.6 Å². The summed E-state index contributed by atoms with van der Waals surface area (Å²) >= 11 is 0. The van der Waals surface area contributed by atoms with Crippen LogP contribution in [0.15, 0.2) is 0 Å². The fraction of sp³-hybridized carbons (Fsp3) is 0.944. The van der Waals surface area contributed by atoms with Crippen molar-refractivity contribution in [1.82, 2.24) is 10.2 Å². The second kappa shape index (κ2) is 10.3. The van der Waals surface area contributed by atoms with Gasteiger partial charge in [0.1, 0.15) is 0 Å². The lowest BCUT2D eigenvalue weighted by Crippen LogP contribution is -2.47. The van der Waals surface area contributed by atoms with E-state index in [0.29, 0.717) is 31.5 Å². The highest BCUT2D eigenvalue weighted by Gasteiger charge is 2.23. The molecule has 1 unspecified atom stereocenters. The van der Waals surface area contributed by atoms with Crippen LogP contribution in [-0.4, -0.2) is 61.4 Å². The van der Waals surface area contributed by atoms with Gasteiger partial charge in [-0.25, -0.2) is 0 Å². The van der Waals surface area contributed by atoms with Crippen molar-refractivity contribution in [2.24, 2.45) is 5.92 Å². The average molecular weight is 326 g/mol. The highest BCUT2D eigenvalue weighted by atomic mass is 16.5. The summed E-state index contributed by atoms with van der Waals surface area (Å²) in [5.41, 5.74) is 0. The first-order chi connectivity index (χ1) is 11.2. The van der Waals surface area contributed by atoms with Crippen LogP contribution in [0.2, 0.25) is 0 Å². The van der Waals surface area contributed by atoms with Gasteiger partial charge in [-0.1, -0.05) is 25.7 Å². The molecule has 1 heterocycles. The number of carbonyl (C=O) groups excluding carboxylic acids is 1. The second-order valence-corrected chi connectivity index (χ2v) is 7.31. The molecule has 1 aliphatic carbocycles. The third-order valence-corrected chi connectivity index (χ3v) is 5.23. The van der Waals surface area contributed by atoms with Gasteiger partial charge >= 0.3 is 0 Å². The van der Waals surface area contributed by atoms with Gasteiger partial charge in [-0.3, -0.25) is 4.79 Å². The lowest BCUT2D eigenvalue weighted by molar-refractivity contribution is -0.123. The van der Waals surface area contributed by atoms with Gasteiger partial charge in [-0.15, -0.1) is 0 Å². The molecule has 1 aliphatic heterocycles. The molecule has 23 heavy (non-hydrogen) atoms. The van der Waals surface area contributed by atoms with Gasteiger partial charge in [0, 0.05) is 39.2 Å². The molecule has 2 rings (SSSR count). The minimum absolute atomic E-state index is 0.245. The second-order valence-electron chi connectivity index (χ2n) is 7.31. The van der Waals surface area contributed by atoms with Gasteiger partial charge in [0.05, 0.1) is 12.7 Å². The Hall–Kier alpha value is -0.650. The Morgan fingerprint density at radius 1 is 1.17 bits per heavy atom. The minimum Gasteiger partial charge on any atom is -0.389 e. The minimum atomic E-state index is -0.415. The molecule has 5 heteroatoms. The summed E-state index contributed by atoms with van der Waals surface area (Å²) in [6.07, 6.45) is 9.98. The summed E-state index contributed by atoms with van der Waals surface area (Å²) in [6.45, 7) is 2.93. The maximum Gasteiger partial charge on any atom is 0.220 e. The predicted octanol–water partition coefficient (Wildman–Crippen LogP) is 1.93. The normalized spacial score (nSPS) is 23.4. The van der Waals surface area contributed by atoms with E-state index in [2.05, 4.69) is 10.2 Å². The Bertz CT molecular complexity index is 335. The number of piperidine rings is 1. The zero-order valence-corrected chi connectivity index (χ0v) is 14.6. The fourth-order valence-corrected chi connectivity index (χ4v) is 3.92. The smallest absolute Gasteiger partial charge is 0.220 e. The first kappa shape index (κ1) is 18.7. The van der Waals surface area contributed by atoms with Crippen LogP contribution in [0.3, 0.4) is 0 Å². The van der Waals surface area contributed by atoms with Crippen LogP contribution in [-0.2, 0) is 9.53 Å². The molecule has 0 radical (unpaired) electrons. The van der Waals surface area contributed by atoms with Crippen LogP contribution in [0.5, 0.6) is 0 Å². The number of carbonyl (C=O) groups is 1. The van der Waals surface area contributed by atoms with Crippen molar-refractivity contribution in [2.75, 3.05) is 33.4 Å². The van der Waals surface area contributed by atoms with Crippen molar-refractivity contribution in [3.05, 3.63) is 0 Å². The molecule has 2 aliphatic rings. The Kier molecular flexibility index (Phi) is 8.34. The molecule has 1 saturated heterocycles. The zero-order chi connectivity index (χ0) is 16.5. The van der Waals surface area contributed by atoms with E-state index in [-0.39, 0.29) is 5.91 Å². The number of hydrogen-bond donors (Lipinski definition) is 2. The largest absolute Gasteiger partial charge is 0.389 e. The van der Waals surface area contributed by atoms with Crippen LogP contribution in [0.4, 0.5) is 0 Å². The number of aliphatic hydroxyl groups excluding tert-OH is 1. The Morgan fingerprint density at radius 3 is 2.43 bits per heavy atom. The first-order valence-electron chi connectivity index (χ1n) is 9.36. The van der Waals surface area contributed by atoms with Crippen molar-refractivity contribution < 1.29 is 14.6 Å². The highest BCUT2D eigenvalue weighted by Crippen LogP contribution is 2.25. The van der Waals surface area contributed by atoms with E-state index >= 15 is 0 Å². The quantitative estimate of drug-likeness (QED) is 0.702. The molecule has 0 aromatic rings. The van der Waals surface area contributed by atoms with Crippen LogP contribution in [0.25, 0.3) is 0 Å². The fourth-order valence-electron chi connectivity index (χ4n) is 3.92. The topological polar surface area (TPSA) is 61.8 Å². The Morgan fingerprint density at radius 2 is 1.83 bits per heavy atom. The standard InChI is InChI=1S/C18H34N2O3/c1-23-14-17(21)13-20-10-8-16(9-11-20)19-18(22)12-15-6-4-2-3-5-7-15/h15-17,21H,2-14H2,1H3,(H,19,22). The third kappa shape index (κ3) is 7.19. The van der Waals surface area contributed by atoms with Crippen molar-refractivity contribution in [2.45, 2.75) is 69.9 Å². The van der Waals surface area contributed by atoms with Crippen LogP contribution in [0.1, 0.15) is 57.8 Å². The molecule has 2 fully saturated rings. The van der Waals surface area contributed by atoms with Gasteiger partial charge in [-0.2, -0.15) is 0 Å². The molecule has 0 bridgehead atoms. The maximum absolute atomic E-state index is 12.3. The van der Waals surface area contributed by atoms with E-state index in [4.69, 9.17) is 4.74 Å². The van der Waals surface area contributed by atoms with Crippen molar-refractivity contribution in [1.29, 1.82) is 0 Å². The van der Waals surface area contributed by atoms with E-state index in [1.54, 1.807) is 7.11 Å². The number of aliphatic hydroxyl groups is 1. The van der Waals surface area contributed by atoms with Crippen LogP contribution >= 0.6 is 0 Å². The molecule has 0 aromatic heterocycles. The summed E-state index contributed by atoms with van der Waals surface area (Å²) < 4.78 is 4.97. The lowest BCUT2D eigenvalue weighted by atomic mass is 9.95. The molecule has 5 nitrogen and oxygen atoms in total. The molecular weight excluding hydrogens is 292 g/mol. The Balaban J connectivity index is 1.62. The molecule has 1 saturated carbocycles. The molecule has 2 N–H and O–H groups in total. The number of likely N-dealkylation sites (tertiary alicyclic amines) is 1. The average Bonchev–Trinajstić information content (AvgIpc) is 2.78. The van der Waals surface area contributed by atoms with Gasteiger partial charge in [0.25, 0.3) is 0 Å². The van der Waals surface area contributed by atoms with E-state index in [1.165, 1.54) is 38.5 Å². The first-order valence-corrected chi connectivity index (χ1v) is 9.36. The highest BCUT2D eigenvalue weighted by molar-refractivity contribution is 5.76. The third-order valence-electron chi connectivity index (χ3n) is 5.23. The zero-order valence-electron chi connectivity index (χ0n) is 14.6. The summed E-state index contributed by atoms with van der Waals surface area (Å²) in [4.78, 5) is 14.5. The van der Waals surface area contributed by atoms with Gasteiger partial charge in [0.2, 0.25) is 5.91 Å². The number of β-amino-alcohol motifs (C(OH)–C–C–N with tert-alkyl or cyclic N) is 1. The summed E-state index contributed by atoms with van der Waals surface area (Å²) in [5, 5.41) is 13.0. The molecule has 134 valence electrons. The number of nitrogens with one attached hydrogen (secondary N) is 1. The van der Waals surface area contributed by atoms with Gasteiger partial charge < -0.3 is 20.1 Å². The van der Waals surface area contributed by atoms with E-state index in [9.17, 15) is 9.90 Å². The number of ether oxygens (including phenoxy) is 1.